The van der Waals surface area contributed by atoms with E-state index in [4.69, 9.17) is 0 Å². The fourth-order valence-electron chi connectivity index (χ4n) is 4.50. The molecule has 1 aliphatic rings. The predicted octanol–water partition coefficient (Wildman–Crippen LogP) is 7.64. The van der Waals surface area contributed by atoms with E-state index in [2.05, 4.69) is 88.7 Å². The summed E-state index contributed by atoms with van der Waals surface area (Å²) >= 11 is 3.54. The summed E-state index contributed by atoms with van der Waals surface area (Å²) in [5, 5.41) is 0. The van der Waals surface area contributed by atoms with E-state index in [1.54, 1.807) is 0 Å². The highest BCUT2D eigenvalue weighted by molar-refractivity contribution is 9.10. The summed E-state index contributed by atoms with van der Waals surface area (Å²) in [5.41, 5.74) is 6.47. The monoisotopic (exact) mass is 464 g/mol. The number of hydrogen-bond donors (Lipinski definition) is 0. The van der Waals surface area contributed by atoms with Crippen LogP contribution in [0.1, 0.15) is 44.4 Å². The molecule has 0 spiro atoms. The van der Waals surface area contributed by atoms with Gasteiger partial charge >= 0.3 is 0 Å². The maximum Gasteiger partial charge on any atom is 0.171 e. The number of carbonyl (C=O) groups is 1. The number of benzene rings is 4. The van der Waals surface area contributed by atoms with Gasteiger partial charge in [-0.15, -0.1) is 0 Å². The van der Waals surface area contributed by atoms with E-state index in [-0.39, 0.29) is 17.6 Å². The van der Waals surface area contributed by atoms with E-state index >= 15 is 0 Å². The van der Waals surface area contributed by atoms with Gasteiger partial charge in [-0.1, -0.05) is 119 Å². The van der Waals surface area contributed by atoms with Crippen LogP contribution >= 0.6 is 15.9 Å². The summed E-state index contributed by atoms with van der Waals surface area (Å²) in [7, 11) is 0. The topological polar surface area (TPSA) is 17.1 Å². The Hall–Kier alpha value is -3.23. The highest BCUT2D eigenvalue weighted by atomic mass is 79.9. The van der Waals surface area contributed by atoms with Crippen molar-refractivity contribution < 1.29 is 4.79 Å². The molecule has 0 fully saturated rings. The van der Waals surface area contributed by atoms with Crippen LogP contribution in [0, 0.1) is 0 Å². The predicted molar refractivity (Wildman–Crippen MR) is 130 cm³/mol. The summed E-state index contributed by atoms with van der Waals surface area (Å²) in [6, 6.07) is 36.8. The van der Waals surface area contributed by atoms with Gasteiger partial charge in [0.15, 0.2) is 5.78 Å². The third-order valence-electron chi connectivity index (χ3n) is 5.97. The van der Waals surface area contributed by atoms with Crippen LogP contribution in [0.25, 0.3) is 5.57 Å². The molecule has 1 aliphatic carbocycles. The minimum absolute atomic E-state index is 0.0501. The summed E-state index contributed by atoms with van der Waals surface area (Å²) in [4.78, 5) is 13.8. The van der Waals surface area contributed by atoms with Gasteiger partial charge < -0.3 is 0 Å². The third-order valence-corrected chi connectivity index (χ3v) is 6.50. The zero-order valence-corrected chi connectivity index (χ0v) is 18.5. The molecule has 150 valence electrons. The van der Waals surface area contributed by atoms with Crippen LogP contribution in [-0.4, -0.2) is 5.78 Å². The van der Waals surface area contributed by atoms with Crippen molar-refractivity contribution >= 4 is 27.3 Å². The van der Waals surface area contributed by atoms with E-state index in [0.717, 1.165) is 26.7 Å². The molecular weight excluding hydrogens is 444 g/mol. The van der Waals surface area contributed by atoms with Gasteiger partial charge in [-0.05, 0) is 40.0 Å². The van der Waals surface area contributed by atoms with Gasteiger partial charge in [0.05, 0.1) is 5.92 Å². The zero-order valence-electron chi connectivity index (χ0n) is 16.9. The minimum atomic E-state index is -0.271. The molecule has 0 aromatic heterocycles. The van der Waals surface area contributed by atoms with Crippen LogP contribution in [0.5, 0.6) is 0 Å². The van der Waals surface area contributed by atoms with Crippen LogP contribution < -0.4 is 0 Å². The second kappa shape index (κ2) is 8.49. The lowest BCUT2D eigenvalue weighted by molar-refractivity contribution is 0.0952. The first-order valence-corrected chi connectivity index (χ1v) is 11.2. The van der Waals surface area contributed by atoms with Crippen molar-refractivity contribution in [2.75, 3.05) is 0 Å². The van der Waals surface area contributed by atoms with Crippen molar-refractivity contribution in [1.82, 2.24) is 0 Å². The normalized spacial score (nSPS) is 17.5. The zero-order chi connectivity index (χ0) is 21.2. The van der Waals surface area contributed by atoms with Gasteiger partial charge in [-0.2, -0.15) is 0 Å². The molecule has 0 bridgehead atoms. The summed E-state index contributed by atoms with van der Waals surface area (Å²) in [6.07, 6.45) is 2.28. The van der Waals surface area contributed by atoms with Gasteiger partial charge in [0, 0.05) is 16.0 Å². The number of carbonyl (C=O) groups excluding carboxylic acids is 1. The molecule has 0 saturated carbocycles. The quantitative estimate of drug-likeness (QED) is 0.283. The largest absolute Gasteiger partial charge is 0.293 e. The molecule has 31 heavy (non-hydrogen) atoms. The standard InChI is InChI=1S/C29H21BrO/c30-23-17-15-21(16-18-23)27-19-26(20-9-3-1-4-10-20)24-13-7-8-14-25(24)28(27)29(31)22-11-5-2-6-12-22/h1-19,27-28H/t27-,28+/m0/s1. The van der Waals surface area contributed by atoms with Gasteiger partial charge in [-0.25, -0.2) is 0 Å². The molecule has 2 heteroatoms. The summed E-state index contributed by atoms with van der Waals surface area (Å²) < 4.78 is 1.03. The Morgan fingerprint density at radius 2 is 1.29 bits per heavy atom. The smallest absolute Gasteiger partial charge is 0.171 e. The average Bonchev–Trinajstić information content (AvgIpc) is 2.84. The molecule has 0 unspecified atom stereocenters. The van der Waals surface area contributed by atoms with E-state index < -0.39 is 0 Å². The fourth-order valence-corrected chi connectivity index (χ4v) is 4.77. The van der Waals surface area contributed by atoms with Gasteiger partial charge in [0.25, 0.3) is 0 Å². The Labute approximate surface area is 191 Å². The average molecular weight is 465 g/mol. The van der Waals surface area contributed by atoms with E-state index in [1.807, 2.05) is 42.5 Å². The van der Waals surface area contributed by atoms with Crippen LogP contribution in [0.3, 0.4) is 0 Å². The SMILES string of the molecule is O=C(c1ccccc1)[C@@H]1c2ccccc2C(c2ccccc2)=C[C@H]1c1ccc(Br)cc1. The first-order chi connectivity index (χ1) is 15.2. The minimum Gasteiger partial charge on any atom is -0.293 e. The van der Waals surface area contributed by atoms with Gasteiger partial charge in [0.2, 0.25) is 0 Å². The lowest BCUT2D eigenvalue weighted by Crippen LogP contribution is -2.24. The van der Waals surface area contributed by atoms with Crippen LogP contribution in [-0.2, 0) is 0 Å². The summed E-state index contributed by atoms with van der Waals surface area (Å²) in [6.45, 7) is 0. The lowest BCUT2D eigenvalue weighted by atomic mass is 9.69. The van der Waals surface area contributed by atoms with Gasteiger partial charge in [-0.3, -0.25) is 4.79 Å². The van der Waals surface area contributed by atoms with Gasteiger partial charge in [0.1, 0.15) is 0 Å². The highest BCUT2D eigenvalue weighted by Crippen LogP contribution is 2.46. The molecule has 0 N–H and O–H groups in total. The Morgan fingerprint density at radius 1 is 0.677 bits per heavy atom. The van der Waals surface area contributed by atoms with Crippen LogP contribution in [0.15, 0.2) is 120 Å². The van der Waals surface area contributed by atoms with E-state index in [0.29, 0.717) is 0 Å². The number of halogens is 1. The second-order valence-corrected chi connectivity index (χ2v) is 8.73. The molecule has 0 aliphatic heterocycles. The highest BCUT2D eigenvalue weighted by Gasteiger charge is 2.36. The van der Waals surface area contributed by atoms with Crippen molar-refractivity contribution in [3.8, 4) is 0 Å². The second-order valence-electron chi connectivity index (χ2n) is 7.82. The Bertz CT molecular complexity index is 1240. The fraction of sp³-hybridized carbons (Fsp3) is 0.0690. The first-order valence-electron chi connectivity index (χ1n) is 10.4. The van der Waals surface area contributed by atoms with E-state index in [1.165, 1.54) is 11.1 Å². The molecule has 4 aromatic rings. The Morgan fingerprint density at radius 3 is 2.00 bits per heavy atom. The molecular formula is C29H21BrO. The number of rotatable bonds is 4. The molecule has 0 saturated heterocycles. The lowest BCUT2D eigenvalue weighted by Gasteiger charge is -2.32. The number of fused-ring (bicyclic) bond motifs is 1. The third kappa shape index (κ3) is 3.80. The molecule has 0 amide bonds. The Balaban J connectivity index is 1.73. The molecule has 4 aromatic carbocycles. The van der Waals surface area contributed by atoms with Crippen LogP contribution in [0.4, 0.5) is 0 Å². The number of Topliss-reactive ketones (excluding diaryl/α,β-unsaturated/α-hetero) is 1. The molecule has 1 nitrogen and oxygen atoms in total. The van der Waals surface area contributed by atoms with Crippen molar-refractivity contribution in [2.45, 2.75) is 11.8 Å². The van der Waals surface area contributed by atoms with E-state index in [9.17, 15) is 4.79 Å². The van der Waals surface area contributed by atoms with Crippen molar-refractivity contribution in [3.05, 3.63) is 148 Å². The van der Waals surface area contributed by atoms with Crippen LogP contribution in [0.2, 0.25) is 0 Å². The van der Waals surface area contributed by atoms with Crippen molar-refractivity contribution in [2.24, 2.45) is 0 Å². The van der Waals surface area contributed by atoms with Crippen molar-refractivity contribution in [3.63, 3.8) is 0 Å². The number of hydrogen-bond acceptors (Lipinski definition) is 1. The number of allylic oxidation sites excluding steroid dienone is 1. The molecule has 2 atom stereocenters. The number of ketones is 1. The van der Waals surface area contributed by atoms with Crippen molar-refractivity contribution in [1.29, 1.82) is 0 Å². The first kappa shape index (κ1) is 19.7. The molecule has 0 heterocycles. The summed E-state index contributed by atoms with van der Waals surface area (Å²) in [5.74, 6) is -0.164. The molecule has 5 rings (SSSR count). The maximum atomic E-state index is 13.8. The maximum absolute atomic E-state index is 13.8. The molecule has 0 radical (unpaired) electrons. The Kier molecular flexibility index (Phi) is 5.40.